The van der Waals surface area contributed by atoms with Gasteiger partial charge in [0.1, 0.15) is 0 Å². The third-order valence-corrected chi connectivity index (χ3v) is 3.50. The van der Waals surface area contributed by atoms with E-state index in [4.69, 9.17) is 0 Å². The summed E-state index contributed by atoms with van der Waals surface area (Å²) in [4.78, 5) is 7.85. The standard InChI is InChI=1S/C13H13N3S/c1-2-14-13-16-12(8-17-13)10-7-15-11-6-4-3-5-9(10)11/h3-8,15H,2H2,1H3,(H,14,16). The fourth-order valence-electron chi connectivity index (χ4n) is 1.91. The monoisotopic (exact) mass is 243 g/mol. The number of aromatic nitrogens is 2. The molecule has 86 valence electrons. The van der Waals surface area contributed by atoms with Gasteiger partial charge in [0.05, 0.1) is 5.69 Å². The average molecular weight is 243 g/mol. The molecule has 0 bridgehead atoms. The fourth-order valence-corrected chi connectivity index (χ4v) is 2.69. The summed E-state index contributed by atoms with van der Waals surface area (Å²) in [6.07, 6.45) is 2.02. The van der Waals surface area contributed by atoms with E-state index in [9.17, 15) is 0 Å². The van der Waals surface area contributed by atoms with E-state index in [1.807, 2.05) is 12.3 Å². The molecule has 0 aliphatic rings. The molecule has 0 radical (unpaired) electrons. The molecular weight excluding hydrogens is 230 g/mol. The molecule has 2 aromatic heterocycles. The van der Waals surface area contributed by atoms with Gasteiger partial charge in [-0.15, -0.1) is 11.3 Å². The molecule has 3 rings (SSSR count). The first-order valence-electron chi connectivity index (χ1n) is 5.64. The molecule has 2 heterocycles. The van der Waals surface area contributed by atoms with Crippen LogP contribution in [0.1, 0.15) is 6.92 Å². The zero-order chi connectivity index (χ0) is 11.7. The summed E-state index contributed by atoms with van der Waals surface area (Å²) < 4.78 is 0. The topological polar surface area (TPSA) is 40.7 Å². The van der Waals surface area contributed by atoms with Crippen LogP contribution in [0, 0.1) is 0 Å². The Morgan fingerprint density at radius 1 is 1.35 bits per heavy atom. The highest BCUT2D eigenvalue weighted by Crippen LogP contribution is 2.30. The molecule has 0 amide bonds. The van der Waals surface area contributed by atoms with Crippen LogP contribution in [-0.2, 0) is 0 Å². The fraction of sp³-hybridized carbons (Fsp3) is 0.154. The molecule has 0 aliphatic carbocycles. The lowest BCUT2D eigenvalue weighted by molar-refractivity contribution is 1.19. The molecule has 17 heavy (non-hydrogen) atoms. The lowest BCUT2D eigenvalue weighted by Gasteiger charge is -1.95. The normalized spacial score (nSPS) is 10.9. The molecule has 0 fully saturated rings. The van der Waals surface area contributed by atoms with E-state index in [0.717, 1.165) is 22.9 Å². The van der Waals surface area contributed by atoms with E-state index in [1.54, 1.807) is 11.3 Å². The number of H-pyrrole nitrogens is 1. The van der Waals surface area contributed by atoms with Crippen LogP contribution in [0.5, 0.6) is 0 Å². The summed E-state index contributed by atoms with van der Waals surface area (Å²) in [5.41, 5.74) is 3.35. The maximum Gasteiger partial charge on any atom is 0.183 e. The van der Waals surface area contributed by atoms with Gasteiger partial charge in [0, 0.05) is 34.6 Å². The molecule has 3 nitrogen and oxygen atoms in total. The molecule has 0 saturated carbocycles. The summed E-state index contributed by atoms with van der Waals surface area (Å²) in [6, 6.07) is 8.29. The first-order valence-corrected chi connectivity index (χ1v) is 6.52. The Balaban J connectivity index is 2.07. The summed E-state index contributed by atoms with van der Waals surface area (Å²) >= 11 is 1.64. The van der Waals surface area contributed by atoms with Gasteiger partial charge >= 0.3 is 0 Å². The molecule has 0 unspecified atom stereocenters. The van der Waals surface area contributed by atoms with Gasteiger partial charge in [-0.1, -0.05) is 18.2 Å². The summed E-state index contributed by atoms with van der Waals surface area (Å²) in [7, 11) is 0. The zero-order valence-corrected chi connectivity index (χ0v) is 10.3. The Hall–Kier alpha value is -1.81. The second-order valence-electron chi connectivity index (χ2n) is 3.82. The first-order chi connectivity index (χ1) is 8.38. The van der Waals surface area contributed by atoms with E-state index in [1.165, 1.54) is 10.9 Å². The highest BCUT2D eigenvalue weighted by molar-refractivity contribution is 7.14. The highest BCUT2D eigenvalue weighted by Gasteiger charge is 2.08. The number of nitrogens with zero attached hydrogens (tertiary/aromatic N) is 1. The lowest BCUT2D eigenvalue weighted by Crippen LogP contribution is -1.94. The van der Waals surface area contributed by atoms with Crippen molar-refractivity contribution in [2.45, 2.75) is 6.92 Å². The van der Waals surface area contributed by atoms with E-state index >= 15 is 0 Å². The van der Waals surface area contributed by atoms with Crippen molar-refractivity contribution < 1.29 is 0 Å². The minimum Gasteiger partial charge on any atom is -0.362 e. The summed E-state index contributed by atoms with van der Waals surface area (Å²) in [5, 5.41) is 7.53. The van der Waals surface area contributed by atoms with Crippen molar-refractivity contribution in [3.8, 4) is 11.3 Å². The van der Waals surface area contributed by atoms with E-state index in [0.29, 0.717) is 0 Å². The molecule has 4 heteroatoms. The van der Waals surface area contributed by atoms with E-state index in [-0.39, 0.29) is 0 Å². The molecule has 3 aromatic rings. The second kappa shape index (κ2) is 4.22. The van der Waals surface area contributed by atoms with Gasteiger partial charge in [-0.25, -0.2) is 4.98 Å². The maximum absolute atomic E-state index is 4.58. The molecule has 0 saturated heterocycles. The Bertz CT molecular complexity index is 639. The number of nitrogens with one attached hydrogen (secondary N) is 2. The smallest absolute Gasteiger partial charge is 0.183 e. The van der Waals surface area contributed by atoms with Crippen LogP contribution in [0.15, 0.2) is 35.8 Å². The van der Waals surface area contributed by atoms with Gasteiger partial charge in [-0.3, -0.25) is 0 Å². The number of aromatic amines is 1. The minimum atomic E-state index is 0.904. The number of rotatable bonds is 3. The van der Waals surface area contributed by atoms with Crippen molar-refractivity contribution in [3.63, 3.8) is 0 Å². The van der Waals surface area contributed by atoms with Crippen molar-refractivity contribution in [3.05, 3.63) is 35.8 Å². The molecular formula is C13H13N3S. The van der Waals surface area contributed by atoms with Gasteiger partial charge in [0.2, 0.25) is 0 Å². The minimum absolute atomic E-state index is 0.904. The van der Waals surface area contributed by atoms with Gasteiger partial charge in [-0.2, -0.15) is 0 Å². The molecule has 1 aromatic carbocycles. The molecule has 0 atom stereocenters. The van der Waals surface area contributed by atoms with Gasteiger partial charge in [0.15, 0.2) is 5.13 Å². The van der Waals surface area contributed by atoms with Crippen molar-refractivity contribution >= 4 is 27.4 Å². The Labute approximate surface area is 104 Å². The van der Waals surface area contributed by atoms with Crippen LogP contribution in [-0.4, -0.2) is 16.5 Å². The maximum atomic E-state index is 4.58. The van der Waals surface area contributed by atoms with Crippen LogP contribution in [0.2, 0.25) is 0 Å². The van der Waals surface area contributed by atoms with E-state index in [2.05, 4.69) is 45.8 Å². The number of anilines is 1. The third-order valence-electron chi connectivity index (χ3n) is 2.70. The SMILES string of the molecule is CCNc1nc(-c2c[nH]c3ccccc23)cs1. The third kappa shape index (κ3) is 1.80. The van der Waals surface area contributed by atoms with Crippen LogP contribution < -0.4 is 5.32 Å². The molecule has 0 spiro atoms. The van der Waals surface area contributed by atoms with E-state index < -0.39 is 0 Å². The average Bonchev–Trinajstić information content (AvgIpc) is 2.95. The number of fused-ring (bicyclic) bond motifs is 1. The van der Waals surface area contributed by atoms with Crippen molar-refractivity contribution in [2.24, 2.45) is 0 Å². The van der Waals surface area contributed by atoms with Crippen LogP contribution in [0.3, 0.4) is 0 Å². The Kier molecular flexibility index (Phi) is 2.57. The van der Waals surface area contributed by atoms with Crippen LogP contribution in [0.25, 0.3) is 22.2 Å². The first kappa shape index (κ1) is 10.4. The number of hydrogen-bond acceptors (Lipinski definition) is 3. The lowest BCUT2D eigenvalue weighted by atomic mass is 10.1. The Morgan fingerprint density at radius 2 is 2.24 bits per heavy atom. The molecule has 0 aliphatic heterocycles. The number of hydrogen-bond donors (Lipinski definition) is 2. The summed E-state index contributed by atoms with van der Waals surface area (Å²) in [6.45, 7) is 2.98. The predicted octanol–water partition coefficient (Wildman–Crippen LogP) is 3.72. The van der Waals surface area contributed by atoms with Crippen molar-refractivity contribution in [2.75, 3.05) is 11.9 Å². The van der Waals surface area contributed by atoms with Crippen LogP contribution in [0.4, 0.5) is 5.13 Å². The number of benzene rings is 1. The molecule has 2 N–H and O–H groups in total. The van der Waals surface area contributed by atoms with Crippen molar-refractivity contribution in [1.82, 2.24) is 9.97 Å². The quantitative estimate of drug-likeness (QED) is 0.736. The van der Waals surface area contributed by atoms with Crippen LogP contribution >= 0.6 is 11.3 Å². The highest BCUT2D eigenvalue weighted by atomic mass is 32.1. The number of thiazole rings is 1. The van der Waals surface area contributed by atoms with Gasteiger partial charge in [-0.05, 0) is 13.0 Å². The summed E-state index contributed by atoms with van der Waals surface area (Å²) in [5.74, 6) is 0. The van der Waals surface area contributed by atoms with Gasteiger partial charge < -0.3 is 10.3 Å². The predicted molar refractivity (Wildman–Crippen MR) is 73.6 cm³/mol. The van der Waals surface area contributed by atoms with Crippen molar-refractivity contribution in [1.29, 1.82) is 0 Å². The Morgan fingerprint density at radius 3 is 3.12 bits per heavy atom. The van der Waals surface area contributed by atoms with Gasteiger partial charge in [0.25, 0.3) is 0 Å². The zero-order valence-electron chi connectivity index (χ0n) is 9.53. The largest absolute Gasteiger partial charge is 0.362 e. The second-order valence-corrected chi connectivity index (χ2v) is 4.67. The number of para-hydroxylation sites is 1.